The Labute approximate surface area is 143 Å². The van der Waals surface area contributed by atoms with E-state index in [1.54, 1.807) is 29.2 Å². The zero-order valence-electron chi connectivity index (χ0n) is 14.1. The summed E-state index contributed by atoms with van der Waals surface area (Å²) in [5.41, 5.74) is 0.453. The number of aryl methyl sites for hydroxylation is 1. The Morgan fingerprint density at radius 2 is 1.96 bits per heavy atom. The number of piperidine rings is 1. The molecule has 0 aromatic heterocycles. The summed E-state index contributed by atoms with van der Waals surface area (Å²) < 4.78 is 27.3. The van der Waals surface area contributed by atoms with Gasteiger partial charge < -0.3 is 10.0 Å². The smallest absolute Gasteiger partial charge is 0.243 e. The van der Waals surface area contributed by atoms with Crippen molar-refractivity contribution in [3.8, 4) is 0 Å². The van der Waals surface area contributed by atoms with Crippen LogP contribution in [0.15, 0.2) is 29.2 Å². The molecule has 132 valence electrons. The van der Waals surface area contributed by atoms with E-state index in [1.807, 2.05) is 6.92 Å². The first kappa shape index (κ1) is 17.4. The molecule has 2 aliphatic rings. The standard InChI is InChI=1S/C17H24N2O4S/c1-13-3-5-16(6-4-13)24(22,23)19-8-7-15-9-18(14(2)21)10-17(15,11-19)12-20/h3-6,15,20H,7-12H2,1-2H3/t15-,17-/m0/s1. The van der Waals surface area contributed by atoms with Crippen molar-refractivity contribution in [2.45, 2.75) is 25.2 Å². The first-order valence-corrected chi connectivity index (χ1v) is 9.66. The van der Waals surface area contributed by atoms with Crippen molar-refractivity contribution in [3.05, 3.63) is 29.8 Å². The number of aliphatic hydroxyl groups is 1. The molecule has 6 nitrogen and oxygen atoms in total. The zero-order chi connectivity index (χ0) is 17.5. The van der Waals surface area contributed by atoms with E-state index in [2.05, 4.69) is 0 Å². The molecule has 2 heterocycles. The third-order valence-electron chi connectivity index (χ3n) is 5.45. The van der Waals surface area contributed by atoms with Gasteiger partial charge >= 0.3 is 0 Å². The second-order valence-corrected chi connectivity index (χ2v) is 9.00. The quantitative estimate of drug-likeness (QED) is 0.875. The van der Waals surface area contributed by atoms with Crippen LogP contribution in [0.1, 0.15) is 18.9 Å². The molecule has 1 aromatic carbocycles. The summed E-state index contributed by atoms with van der Waals surface area (Å²) in [5, 5.41) is 9.98. The van der Waals surface area contributed by atoms with Crippen molar-refractivity contribution < 1.29 is 18.3 Å². The molecule has 0 bridgehead atoms. The van der Waals surface area contributed by atoms with Gasteiger partial charge in [0.1, 0.15) is 0 Å². The molecular weight excluding hydrogens is 328 g/mol. The molecule has 2 saturated heterocycles. The largest absolute Gasteiger partial charge is 0.396 e. The molecule has 0 spiro atoms. The topological polar surface area (TPSA) is 77.9 Å². The summed E-state index contributed by atoms with van der Waals surface area (Å²) in [5.74, 6) is 0.126. The second-order valence-electron chi connectivity index (χ2n) is 7.06. The molecule has 2 fully saturated rings. The minimum Gasteiger partial charge on any atom is -0.396 e. The third kappa shape index (κ3) is 2.85. The molecule has 0 saturated carbocycles. The average molecular weight is 352 g/mol. The molecule has 1 aromatic rings. The van der Waals surface area contributed by atoms with E-state index in [-0.39, 0.29) is 29.9 Å². The van der Waals surface area contributed by atoms with Crippen molar-refractivity contribution in [1.29, 1.82) is 0 Å². The maximum atomic E-state index is 12.9. The number of likely N-dealkylation sites (tertiary alicyclic amines) is 1. The monoisotopic (exact) mass is 352 g/mol. The second kappa shape index (κ2) is 6.13. The summed E-state index contributed by atoms with van der Waals surface area (Å²) in [6, 6.07) is 6.82. The molecule has 0 aliphatic carbocycles. The highest BCUT2D eigenvalue weighted by Gasteiger charge is 2.52. The van der Waals surface area contributed by atoms with Crippen molar-refractivity contribution in [1.82, 2.24) is 9.21 Å². The minimum absolute atomic E-state index is 0.0230. The highest BCUT2D eigenvalue weighted by molar-refractivity contribution is 7.89. The van der Waals surface area contributed by atoms with Crippen LogP contribution in [0.25, 0.3) is 0 Å². The summed E-state index contributed by atoms with van der Waals surface area (Å²) >= 11 is 0. The number of hydrogen-bond acceptors (Lipinski definition) is 4. The number of amides is 1. The average Bonchev–Trinajstić information content (AvgIpc) is 2.95. The minimum atomic E-state index is -3.58. The maximum absolute atomic E-state index is 12.9. The third-order valence-corrected chi connectivity index (χ3v) is 7.31. The van der Waals surface area contributed by atoms with E-state index < -0.39 is 15.4 Å². The van der Waals surface area contributed by atoms with Crippen LogP contribution in [0.4, 0.5) is 0 Å². The van der Waals surface area contributed by atoms with E-state index in [0.29, 0.717) is 26.1 Å². The van der Waals surface area contributed by atoms with Crippen LogP contribution in [0.5, 0.6) is 0 Å². The first-order valence-electron chi connectivity index (χ1n) is 8.22. The Bertz CT molecular complexity index is 731. The lowest BCUT2D eigenvalue weighted by Gasteiger charge is -2.42. The van der Waals surface area contributed by atoms with Crippen molar-refractivity contribution in [3.63, 3.8) is 0 Å². The fourth-order valence-electron chi connectivity index (χ4n) is 3.87. The van der Waals surface area contributed by atoms with Crippen LogP contribution in [-0.2, 0) is 14.8 Å². The van der Waals surface area contributed by atoms with Gasteiger partial charge in [-0.3, -0.25) is 4.79 Å². The van der Waals surface area contributed by atoms with Crippen LogP contribution in [0, 0.1) is 18.3 Å². The Morgan fingerprint density at radius 3 is 2.54 bits per heavy atom. The number of rotatable bonds is 3. The number of sulfonamides is 1. The molecule has 7 heteroatoms. The van der Waals surface area contributed by atoms with E-state index in [9.17, 15) is 18.3 Å². The van der Waals surface area contributed by atoms with Crippen LogP contribution >= 0.6 is 0 Å². The van der Waals surface area contributed by atoms with Gasteiger partial charge in [0.05, 0.1) is 11.5 Å². The number of carbonyl (C=O) groups excluding carboxylic acids is 1. The Morgan fingerprint density at radius 1 is 1.29 bits per heavy atom. The summed E-state index contributed by atoms with van der Waals surface area (Å²) in [6.45, 7) is 5.03. The molecule has 0 unspecified atom stereocenters. The number of aliphatic hydroxyl groups excluding tert-OH is 1. The van der Waals surface area contributed by atoms with Gasteiger partial charge in [0.15, 0.2) is 0 Å². The molecule has 24 heavy (non-hydrogen) atoms. The Kier molecular flexibility index (Phi) is 4.44. The summed E-state index contributed by atoms with van der Waals surface area (Å²) in [7, 11) is -3.58. The number of fused-ring (bicyclic) bond motifs is 1. The van der Waals surface area contributed by atoms with E-state index in [0.717, 1.165) is 5.56 Å². The van der Waals surface area contributed by atoms with Crippen LogP contribution < -0.4 is 0 Å². The van der Waals surface area contributed by atoms with Crippen molar-refractivity contribution in [2.24, 2.45) is 11.3 Å². The van der Waals surface area contributed by atoms with E-state index in [4.69, 9.17) is 0 Å². The number of benzene rings is 1. The molecule has 1 N–H and O–H groups in total. The van der Waals surface area contributed by atoms with Crippen molar-refractivity contribution in [2.75, 3.05) is 32.8 Å². The molecule has 1 amide bonds. The predicted octanol–water partition coefficient (Wildman–Crippen LogP) is 0.846. The van der Waals surface area contributed by atoms with Gasteiger partial charge in [0, 0.05) is 38.5 Å². The molecule has 2 atom stereocenters. The molecule has 0 radical (unpaired) electrons. The maximum Gasteiger partial charge on any atom is 0.243 e. The summed E-state index contributed by atoms with van der Waals surface area (Å²) in [6.07, 6.45) is 0.662. The SMILES string of the molecule is CC(=O)N1C[C@@H]2CCN(S(=O)(=O)c3ccc(C)cc3)C[C@]2(CO)C1. The van der Waals surface area contributed by atoms with Gasteiger partial charge in [0.25, 0.3) is 0 Å². The first-order chi connectivity index (χ1) is 11.3. The fraction of sp³-hybridized carbons (Fsp3) is 0.588. The molecule has 3 rings (SSSR count). The van der Waals surface area contributed by atoms with E-state index in [1.165, 1.54) is 11.2 Å². The normalized spacial score (nSPS) is 28.0. The summed E-state index contributed by atoms with van der Waals surface area (Å²) in [4.78, 5) is 13.7. The fourth-order valence-corrected chi connectivity index (χ4v) is 5.42. The van der Waals surface area contributed by atoms with Crippen LogP contribution in [0.3, 0.4) is 0 Å². The molecule has 2 aliphatic heterocycles. The lowest BCUT2D eigenvalue weighted by atomic mass is 9.75. The van der Waals surface area contributed by atoms with Gasteiger partial charge in [-0.15, -0.1) is 0 Å². The number of hydrogen-bond donors (Lipinski definition) is 1. The predicted molar refractivity (Wildman–Crippen MR) is 89.8 cm³/mol. The van der Waals surface area contributed by atoms with Crippen LogP contribution in [0.2, 0.25) is 0 Å². The number of nitrogens with zero attached hydrogens (tertiary/aromatic N) is 2. The lowest BCUT2D eigenvalue weighted by molar-refractivity contribution is -0.128. The van der Waals surface area contributed by atoms with E-state index >= 15 is 0 Å². The Balaban J connectivity index is 1.87. The highest BCUT2D eigenvalue weighted by atomic mass is 32.2. The number of carbonyl (C=O) groups is 1. The lowest BCUT2D eigenvalue weighted by Crippen LogP contribution is -2.52. The van der Waals surface area contributed by atoms with Crippen molar-refractivity contribution >= 4 is 15.9 Å². The van der Waals surface area contributed by atoms with Gasteiger partial charge in [-0.25, -0.2) is 8.42 Å². The van der Waals surface area contributed by atoms with Crippen LogP contribution in [-0.4, -0.2) is 61.4 Å². The molecular formula is C17H24N2O4S. The van der Waals surface area contributed by atoms with Gasteiger partial charge in [-0.05, 0) is 31.4 Å². The van der Waals surface area contributed by atoms with Gasteiger partial charge in [-0.1, -0.05) is 17.7 Å². The van der Waals surface area contributed by atoms with Gasteiger partial charge in [-0.2, -0.15) is 4.31 Å². The highest BCUT2D eigenvalue weighted by Crippen LogP contribution is 2.43. The Hall–Kier alpha value is -1.44. The van der Waals surface area contributed by atoms with Gasteiger partial charge in [0.2, 0.25) is 15.9 Å². The zero-order valence-corrected chi connectivity index (χ0v) is 14.9.